The van der Waals surface area contributed by atoms with Crippen molar-refractivity contribution in [3.05, 3.63) is 0 Å². The predicted molar refractivity (Wildman–Crippen MR) is 53.1 cm³/mol. The molecule has 78 valence electrons. The number of carbonyl (C=O) groups is 1. The quantitative estimate of drug-likeness (QED) is 0.723. The molecule has 0 heterocycles. The van der Waals surface area contributed by atoms with Crippen molar-refractivity contribution in [2.24, 2.45) is 5.92 Å². The molecule has 0 aromatic heterocycles. The lowest BCUT2D eigenvalue weighted by Crippen LogP contribution is -2.52. The molecule has 0 aromatic carbocycles. The van der Waals surface area contributed by atoms with Gasteiger partial charge in [0.15, 0.2) is 8.32 Å². The van der Waals surface area contributed by atoms with Crippen LogP contribution >= 0.6 is 0 Å². The molecule has 0 bridgehead atoms. The number of carboxylic acids is 1. The van der Waals surface area contributed by atoms with Crippen molar-refractivity contribution < 1.29 is 14.3 Å². The smallest absolute Gasteiger partial charge is 0.306 e. The van der Waals surface area contributed by atoms with Crippen LogP contribution in [0.4, 0.5) is 0 Å². The summed E-state index contributed by atoms with van der Waals surface area (Å²) in [5.74, 6) is -1.22. The highest BCUT2D eigenvalue weighted by molar-refractivity contribution is 6.69. The van der Waals surface area contributed by atoms with E-state index in [-0.39, 0.29) is 0 Å². The molecule has 1 rings (SSSR count). The second kappa shape index (κ2) is 3.37. The lowest BCUT2D eigenvalue weighted by Gasteiger charge is -2.43. The highest BCUT2D eigenvalue weighted by Crippen LogP contribution is 2.42. The molecule has 0 spiro atoms. The van der Waals surface area contributed by atoms with Crippen molar-refractivity contribution in [1.29, 1.82) is 5.26 Å². The maximum absolute atomic E-state index is 10.6. The zero-order chi connectivity index (χ0) is 11.0. The van der Waals surface area contributed by atoms with Crippen LogP contribution in [-0.4, -0.2) is 25.0 Å². The van der Waals surface area contributed by atoms with Crippen LogP contribution < -0.4 is 0 Å². The minimum absolute atomic E-state index is 0.336. The summed E-state index contributed by atoms with van der Waals surface area (Å²) in [6, 6.07) is 2.11. The summed E-state index contributed by atoms with van der Waals surface area (Å²) in [6.07, 6.45) is 0.673. The Morgan fingerprint density at radius 3 is 2.36 bits per heavy atom. The number of hydrogen-bond donors (Lipinski definition) is 1. The van der Waals surface area contributed by atoms with Gasteiger partial charge in [0.1, 0.15) is 5.60 Å². The molecule has 4 nitrogen and oxygen atoms in total. The zero-order valence-corrected chi connectivity index (χ0v) is 9.70. The van der Waals surface area contributed by atoms with E-state index in [2.05, 4.69) is 6.07 Å². The fourth-order valence-electron chi connectivity index (χ4n) is 1.69. The van der Waals surface area contributed by atoms with Gasteiger partial charge < -0.3 is 9.53 Å². The summed E-state index contributed by atoms with van der Waals surface area (Å²) in [7, 11) is -1.76. The molecule has 0 amide bonds. The molecule has 1 fully saturated rings. The molecule has 14 heavy (non-hydrogen) atoms. The van der Waals surface area contributed by atoms with Crippen LogP contribution in [0.25, 0.3) is 0 Å². The average molecular weight is 213 g/mol. The van der Waals surface area contributed by atoms with E-state index in [9.17, 15) is 4.79 Å². The number of nitrogens with zero attached hydrogens (tertiary/aromatic N) is 1. The van der Waals surface area contributed by atoms with Gasteiger partial charge in [-0.05, 0) is 19.6 Å². The van der Waals surface area contributed by atoms with Crippen molar-refractivity contribution in [3.8, 4) is 6.07 Å². The molecule has 0 saturated heterocycles. The van der Waals surface area contributed by atoms with E-state index in [0.717, 1.165) is 0 Å². The van der Waals surface area contributed by atoms with E-state index in [1.807, 2.05) is 19.6 Å². The fraction of sp³-hybridized carbons (Fsp3) is 0.778. The van der Waals surface area contributed by atoms with Gasteiger partial charge >= 0.3 is 5.97 Å². The molecule has 1 saturated carbocycles. The molecule has 0 aromatic rings. The van der Waals surface area contributed by atoms with Gasteiger partial charge in [0.05, 0.1) is 12.0 Å². The van der Waals surface area contributed by atoms with Crippen molar-refractivity contribution in [1.82, 2.24) is 0 Å². The first-order chi connectivity index (χ1) is 6.28. The van der Waals surface area contributed by atoms with Gasteiger partial charge in [-0.1, -0.05) is 0 Å². The molecule has 0 unspecified atom stereocenters. The maximum Gasteiger partial charge on any atom is 0.306 e. The van der Waals surface area contributed by atoms with Crippen LogP contribution in [0.1, 0.15) is 12.8 Å². The number of hydrogen-bond acceptors (Lipinski definition) is 3. The molecule has 1 aliphatic carbocycles. The molecular weight excluding hydrogens is 198 g/mol. The Hall–Kier alpha value is -0.863. The third kappa shape index (κ3) is 2.34. The summed E-state index contributed by atoms with van der Waals surface area (Å²) >= 11 is 0. The monoisotopic (exact) mass is 213 g/mol. The Bertz CT molecular complexity index is 283. The van der Waals surface area contributed by atoms with Gasteiger partial charge in [-0.25, -0.2) is 0 Å². The first kappa shape index (κ1) is 11.2. The Labute approximate surface area is 84.6 Å². The highest BCUT2D eigenvalue weighted by atomic mass is 28.4. The van der Waals surface area contributed by atoms with Crippen LogP contribution in [0.15, 0.2) is 0 Å². The van der Waals surface area contributed by atoms with E-state index in [1.54, 1.807) is 0 Å². The third-order valence-corrected chi connectivity index (χ3v) is 3.21. The van der Waals surface area contributed by atoms with E-state index in [1.165, 1.54) is 0 Å². The normalized spacial score (nSPS) is 31.7. The topological polar surface area (TPSA) is 70.3 Å². The van der Waals surface area contributed by atoms with Gasteiger partial charge in [-0.2, -0.15) is 5.26 Å². The van der Waals surface area contributed by atoms with Gasteiger partial charge in [0.2, 0.25) is 0 Å². The van der Waals surface area contributed by atoms with E-state index >= 15 is 0 Å². The second-order valence-corrected chi connectivity index (χ2v) is 9.19. The molecular formula is C9H15NO3Si. The van der Waals surface area contributed by atoms with Crippen molar-refractivity contribution >= 4 is 14.3 Å². The predicted octanol–water partition coefficient (Wildman–Crippen LogP) is 1.59. The lowest BCUT2D eigenvalue weighted by molar-refractivity contribution is -0.151. The largest absolute Gasteiger partial charge is 0.481 e. The van der Waals surface area contributed by atoms with E-state index in [4.69, 9.17) is 14.8 Å². The maximum atomic E-state index is 10.6. The Balaban J connectivity index is 2.59. The Kier molecular flexibility index (Phi) is 2.70. The number of rotatable bonds is 3. The highest BCUT2D eigenvalue weighted by Gasteiger charge is 2.51. The standard InChI is InChI=1S/C9H15NO3Si/c1-14(2,3)13-9(6-10)4-7(5-9)8(11)12/h7H,4-5H2,1-3H3,(H,11,12). The molecule has 0 atom stereocenters. The fourth-order valence-corrected chi connectivity index (χ4v) is 3.08. The summed E-state index contributed by atoms with van der Waals surface area (Å²) in [5.41, 5.74) is -0.812. The lowest BCUT2D eigenvalue weighted by atomic mass is 9.72. The number of aliphatic carboxylic acids is 1. The summed E-state index contributed by atoms with van der Waals surface area (Å²) in [4.78, 5) is 10.6. The van der Waals surface area contributed by atoms with Crippen molar-refractivity contribution in [2.45, 2.75) is 38.1 Å². The van der Waals surface area contributed by atoms with Crippen molar-refractivity contribution in [3.63, 3.8) is 0 Å². The molecule has 5 heteroatoms. The Morgan fingerprint density at radius 2 is 2.07 bits per heavy atom. The van der Waals surface area contributed by atoms with Crippen LogP contribution in [0.3, 0.4) is 0 Å². The zero-order valence-electron chi connectivity index (χ0n) is 8.70. The van der Waals surface area contributed by atoms with Gasteiger partial charge in [0.25, 0.3) is 0 Å². The van der Waals surface area contributed by atoms with Crippen molar-refractivity contribution in [2.75, 3.05) is 0 Å². The molecule has 0 aliphatic heterocycles. The minimum atomic E-state index is -1.76. The van der Waals surface area contributed by atoms with Gasteiger partial charge in [-0.15, -0.1) is 0 Å². The summed E-state index contributed by atoms with van der Waals surface area (Å²) < 4.78 is 5.71. The number of carboxylic acid groups (broad SMARTS) is 1. The number of nitriles is 1. The van der Waals surface area contributed by atoms with Gasteiger partial charge in [-0.3, -0.25) is 4.79 Å². The van der Waals surface area contributed by atoms with Crippen LogP contribution in [0.2, 0.25) is 19.6 Å². The Morgan fingerprint density at radius 1 is 1.57 bits per heavy atom. The summed E-state index contributed by atoms with van der Waals surface area (Å²) in [5, 5.41) is 17.7. The summed E-state index contributed by atoms with van der Waals surface area (Å²) in [6.45, 7) is 6.00. The minimum Gasteiger partial charge on any atom is -0.481 e. The first-order valence-electron chi connectivity index (χ1n) is 4.62. The molecule has 1 N–H and O–H groups in total. The van der Waals surface area contributed by atoms with Crippen LogP contribution in [-0.2, 0) is 9.22 Å². The first-order valence-corrected chi connectivity index (χ1v) is 8.03. The average Bonchev–Trinajstić information content (AvgIpc) is 1.93. The van der Waals surface area contributed by atoms with E-state index < -0.39 is 25.8 Å². The van der Waals surface area contributed by atoms with E-state index in [0.29, 0.717) is 12.8 Å². The molecule has 1 aliphatic rings. The SMILES string of the molecule is C[Si](C)(C)OC1(C#N)CC(C(=O)O)C1. The second-order valence-electron chi connectivity index (χ2n) is 4.76. The van der Waals surface area contributed by atoms with Gasteiger partial charge in [0, 0.05) is 12.8 Å². The molecule has 0 radical (unpaired) electrons. The van der Waals surface area contributed by atoms with Crippen LogP contribution in [0, 0.1) is 17.2 Å². The third-order valence-electron chi connectivity index (χ3n) is 2.21. The van der Waals surface area contributed by atoms with Crippen LogP contribution in [0.5, 0.6) is 0 Å².